The fraction of sp³-hybridized carbons (Fsp3) is 0.417. The Kier molecular flexibility index (Phi) is 7.32. The Morgan fingerprint density at radius 2 is 2.16 bits per heavy atom. The van der Waals surface area contributed by atoms with Crippen molar-refractivity contribution in [3.05, 3.63) is 29.8 Å². The monoisotopic (exact) mass is 284 g/mol. The number of rotatable bonds is 9. The lowest BCUT2D eigenvalue weighted by Crippen LogP contribution is -2.41. The fourth-order valence-corrected chi connectivity index (χ4v) is 1.56. The van der Waals surface area contributed by atoms with Crippen molar-refractivity contribution >= 4 is 25.2 Å². The van der Waals surface area contributed by atoms with Crippen molar-refractivity contribution in [2.75, 3.05) is 19.6 Å². The predicted molar refractivity (Wildman–Crippen MR) is 73.7 cm³/mol. The van der Waals surface area contributed by atoms with Crippen LogP contribution in [0.15, 0.2) is 24.3 Å². The van der Waals surface area contributed by atoms with Crippen molar-refractivity contribution in [3.8, 4) is 5.75 Å². The number of benzene rings is 1. The van der Waals surface area contributed by atoms with Gasteiger partial charge in [-0.2, -0.15) is 0 Å². The van der Waals surface area contributed by atoms with E-state index in [4.69, 9.17) is 26.1 Å². The summed E-state index contributed by atoms with van der Waals surface area (Å²) in [5, 5.41) is 11.7. The molecule has 1 radical (unpaired) electrons. The molecule has 0 heterocycles. The largest absolute Gasteiger partial charge is 0.492 e. The van der Waals surface area contributed by atoms with Gasteiger partial charge in [-0.3, -0.25) is 4.79 Å². The Morgan fingerprint density at radius 3 is 2.68 bits per heavy atom. The minimum Gasteiger partial charge on any atom is -0.492 e. The topological polar surface area (TPSA) is 67.8 Å². The lowest BCUT2D eigenvalue weighted by molar-refractivity contribution is -0.139. The van der Waals surface area contributed by atoms with Gasteiger partial charge in [0, 0.05) is 7.11 Å². The first kappa shape index (κ1) is 15.8. The molecular formula is C12H16BClNO4. The molecule has 0 saturated carbocycles. The van der Waals surface area contributed by atoms with Gasteiger partial charge in [0.05, 0.1) is 5.88 Å². The number of carbonyl (C=O) groups is 1. The summed E-state index contributed by atoms with van der Waals surface area (Å²) in [5.74, 6) is 0.211. The second-order valence-electron chi connectivity index (χ2n) is 3.80. The maximum Gasteiger partial charge on any atom is 0.396 e. The third kappa shape index (κ3) is 5.96. The predicted octanol–water partition coefficient (Wildman–Crippen LogP) is 1.07. The number of ether oxygens (including phenoxy) is 1. The van der Waals surface area contributed by atoms with Crippen molar-refractivity contribution in [2.45, 2.75) is 12.5 Å². The molecule has 0 fully saturated rings. The first-order valence-electron chi connectivity index (χ1n) is 5.78. The summed E-state index contributed by atoms with van der Waals surface area (Å²) in [5.41, 5.74) is 0.891. The van der Waals surface area contributed by atoms with Crippen molar-refractivity contribution in [1.82, 2.24) is 5.23 Å². The average molecular weight is 285 g/mol. The highest BCUT2D eigenvalue weighted by atomic mass is 35.5. The molecule has 2 N–H and O–H groups in total. The molecule has 0 spiro atoms. The lowest BCUT2D eigenvalue weighted by Gasteiger charge is -2.13. The first-order chi connectivity index (χ1) is 9.17. The molecule has 0 aliphatic carbocycles. The van der Waals surface area contributed by atoms with E-state index in [9.17, 15) is 4.79 Å². The third-order valence-corrected chi connectivity index (χ3v) is 2.55. The second-order valence-corrected chi connectivity index (χ2v) is 4.17. The van der Waals surface area contributed by atoms with E-state index < -0.39 is 12.0 Å². The summed E-state index contributed by atoms with van der Waals surface area (Å²) in [4.78, 5) is 11.0. The van der Waals surface area contributed by atoms with Crippen molar-refractivity contribution in [1.29, 1.82) is 0 Å². The van der Waals surface area contributed by atoms with Crippen LogP contribution in [0.5, 0.6) is 5.75 Å². The molecule has 0 saturated heterocycles. The van der Waals surface area contributed by atoms with Crippen LogP contribution < -0.4 is 9.96 Å². The molecule has 0 aliphatic heterocycles. The highest BCUT2D eigenvalue weighted by molar-refractivity contribution is 6.24. The summed E-state index contributed by atoms with van der Waals surface area (Å²) >= 11 is 5.52. The number of carboxylic acids is 1. The van der Waals surface area contributed by atoms with Gasteiger partial charge >= 0.3 is 13.6 Å². The summed E-state index contributed by atoms with van der Waals surface area (Å²) < 4.78 is 10.0. The van der Waals surface area contributed by atoms with Gasteiger partial charge in [0.1, 0.15) is 18.4 Å². The molecule has 1 atom stereocenters. The Balaban J connectivity index is 2.56. The van der Waals surface area contributed by atoms with Gasteiger partial charge in [0.25, 0.3) is 0 Å². The van der Waals surface area contributed by atoms with Gasteiger partial charge in [-0.25, -0.2) is 0 Å². The Labute approximate surface area is 118 Å². The maximum atomic E-state index is 11.0. The van der Waals surface area contributed by atoms with Crippen molar-refractivity contribution in [2.24, 2.45) is 0 Å². The smallest absolute Gasteiger partial charge is 0.396 e. The van der Waals surface area contributed by atoms with Crippen LogP contribution in [0, 0.1) is 0 Å². The number of nitrogens with one attached hydrogen (secondary N) is 1. The highest BCUT2D eigenvalue weighted by Crippen LogP contribution is 2.13. The number of carboxylic acid groups (broad SMARTS) is 1. The zero-order valence-electron chi connectivity index (χ0n) is 10.6. The average Bonchev–Trinajstić information content (AvgIpc) is 2.42. The number of alkyl halides is 1. The van der Waals surface area contributed by atoms with Gasteiger partial charge < -0.3 is 19.7 Å². The fourth-order valence-electron chi connectivity index (χ4n) is 1.48. The zero-order chi connectivity index (χ0) is 14.1. The normalized spacial score (nSPS) is 11.9. The quantitative estimate of drug-likeness (QED) is 0.524. The number of aliphatic carboxylic acids is 1. The molecule has 1 aromatic carbocycles. The molecule has 0 aliphatic rings. The van der Waals surface area contributed by atoms with Gasteiger partial charge in [0.15, 0.2) is 0 Å². The molecule has 0 aromatic heterocycles. The number of hydrogen-bond acceptors (Lipinski definition) is 4. The minimum atomic E-state index is -0.934. The van der Waals surface area contributed by atoms with Crippen LogP contribution in [0.2, 0.25) is 0 Å². The summed E-state index contributed by atoms with van der Waals surface area (Å²) in [6.07, 6.45) is 0.352. The van der Waals surface area contributed by atoms with Gasteiger partial charge in [-0.1, -0.05) is 12.1 Å². The molecule has 1 unspecified atom stereocenters. The van der Waals surface area contributed by atoms with Crippen LogP contribution in [-0.4, -0.2) is 44.3 Å². The molecule has 5 nitrogen and oxygen atoms in total. The van der Waals surface area contributed by atoms with Crippen molar-refractivity contribution < 1.29 is 19.3 Å². The number of halogens is 1. The summed E-state index contributed by atoms with van der Waals surface area (Å²) in [6.45, 7) is 0.447. The SMILES string of the molecule is CO[B]NC(Cc1ccc(OCCCl)cc1)C(=O)O. The summed E-state index contributed by atoms with van der Waals surface area (Å²) in [7, 11) is 2.71. The van der Waals surface area contributed by atoms with E-state index in [1.807, 2.05) is 12.1 Å². The molecule has 7 heteroatoms. The second kappa shape index (κ2) is 8.80. The van der Waals surface area contributed by atoms with Gasteiger partial charge in [-0.15, -0.1) is 11.6 Å². The lowest BCUT2D eigenvalue weighted by atomic mass is 10.0. The van der Waals surface area contributed by atoms with E-state index in [2.05, 4.69) is 5.23 Å². The Bertz CT molecular complexity index is 388. The van der Waals surface area contributed by atoms with E-state index in [0.29, 0.717) is 24.7 Å². The van der Waals surface area contributed by atoms with E-state index in [0.717, 1.165) is 5.56 Å². The Morgan fingerprint density at radius 1 is 1.47 bits per heavy atom. The van der Waals surface area contributed by atoms with Gasteiger partial charge in [0.2, 0.25) is 0 Å². The molecular weight excluding hydrogens is 268 g/mol. The van der Waals surface area contributed by atoms with E-state index in [1.165, 1.54) is 14.7 Å². The first-order valence-corrected chi connectivity index (χ1v) is 6.32. The van der Waals surface area contributed by atoms with Crippen LogP contribution in [-0.2, 0) is 15.9 Å². The molecule has 103 valence electrons. The minimum absolute atomic E-state index is 0.352. The van der Waals surface area contributed by atoms with Crippen LogP contribution in [0.1, 0.15) is 5.56 Å². The Hall–Kier alpha value is -1.24. The summed E-state index contributed by atoms with van der Waals surface area (Å²) in [6, 6.07) is 6.51. The van der Waals surface area contributed by atoms with Crippen LogP contribution >= 0.6 is 11.6 Å². The van der Waals surface area contributed by atoms with E-state index in [-0.39, 0.29) is 0 Å². The third-order valence-electron chi connectivity index (χ3n) is 2.39. The molecule has 19 heavy (non-hydrogen) atoms. The molecule has 0 bridgehead atoms. The van der Waals surface area contributed by atoms with Crippen LogP contribution in [0.25, 0.3) is 0 Å². The van der Waals surface area contributed by atoms with E-state index >= 15 is 0 Å². The maximum absolute atomic E-state index is 11.0. The zero-order valence-corrected chi connectivity index (χ0v) is 11.4. The van der Waals surface area contributed by atoms with Crippen molar-refractivity contribution in [3.63, 3.8) is 0 Å². The van der Waals surface area contributed by atoms with Gasteiger partial charge in [-0.05, 0) is 24.1 Å². The van der Waals surface area contributed by atoms with Crippen LogP contribution in [0.3, 0.4) is 0 Å². The number of hydrogen-bond donors (Lipinski definition) is 2. The standard InChI is InChI=1S/C12H16BClNO4/c1-18-13-15-11(12(16)17)8-9-2-4-10(5-3-9)19-7-6-14/h2-5,11,15H,6-8H2,1H3,(H,16,17). The van der Waals surface area contributed by atoms with E-state index in [1.54, 1.807) is 12.1 Å². The van der Waals surface area contributed by atoms with Crippen LogP contribution in [0.4, 0.5) is 0 Å². The molecule has 1 aromatic rings. The highest BCUT2D eigenvalue weighted by Gasteiger charge is 2.17. The molecule has 1 rings (SSSR count). The molecule has 0 amide bonds.